The van der Waals surface area contributed by atoms with E-state index in [2.05, 4.69) is 66.8 Å². The number of halogens is 4. The highest BCUT2D eigenvalue weighted by Gasteiger charge is 2.23. The second-order valence-corrected chi connectivity index (χ2v) is 10.8. The summed E-state index contributed by atoms with van der Waals surface area (Å²) in [7, 11) is 4.63. The van der Waals surface area contributed by atoms with E-state index in [1.54, 1.807) is 0 Å². The number of hydrogen-bond donors (Lipinski definition) is 0. The van der Waals surface area contributed by atoms with Crippen LogP contribution in [0.4, 0.5) is 0 Å². The SMILES string of the molecule is BrCCCCCBr.CN1CCCCC1.C[N+]1(CCCCCBr)CCCCC1.[Br-]. The van der Waals surface area contributed by atoms with Gasteiger partial charge in [-0.3, -0.25) is 0 Å². The van der Waals surface area contributed by atoms with Gasteiger partial charge in [0.25, 0.3) is 0 Å². The maximum absolute atomic E-state index is 3.48. The van der Waals surface area contributed by atoms with Crippen molar-refractivity contribution in [3.8, 4) is 0 Å². The molecule has 0 atom stereocenters. The molecule has 0 aromatic rings. The summed E-state index contributed by atoms with van der Waals surface area (Å²) in [6.45, 7) is 6.90. The molecule has 0 bridgehead atoms. The Kier molecular flexibility index (Phi) is 26.9. The number of unbranched alkanes of at least 4 members (excludes halogenated alkanes) is 4. The number of alkyl halides is 3. The molecule has 2 aliphatic heterocycles. The molecule has 2 nitrogen and oxygen atoms in total. The summed E-state index contributed by atoms with van der Waals surface area (Å²) in [5.41, 5.74) is 0. The highest BCUT2D eigenvalue weighted by Crippen LogP contribution is 2.17. The molecule has 0 saturated carbocycles. The molecule has 0 unspecified atom stereocenters. The van der Waals surface area contributed by atoms with Crippen LogP contribution in [0.3, 0.4) is 0 Å². The summed E-state index contributed by atoms with van der Waals surface area (Å²) < 4.78 is 1.35. The van der Waals surface area contributed by atoms with Gasteiger partial charge in [0.2, 0.25) is 0 Å². The van der Waals surface area contributed by atoms with E-state index >= 15 is 0 Å². The lowest BCUT2D eigenvalue weighted by Gasteiger charge is -2.37. The van der Waals surface area contributed by atoms with Crippen LogP contribution in [-0.2, 0) is 0 Å². The van der Waals surface area contributed by atoms with Crippen molar-refractivity contribution >= 4 is 47.8 Å². The Hall–Kier alpha value is 1.84. The van der Waals surface area contributed by atoms with Crippen LogP contribution in [0.1, 0.15) is 77.0 Å². The molecular weight excluding hydrogens is 612 g/mol. The van der Waals surface area contributed by atoms with Gasteiger partial charge in [0.05, 0.1) is 26.7 Å². The second-order valence-electron chi connectivity index (χ2n) is 8.40. The Morgan fingerprint density at radius 3 is 1.46 bits per heavy atom. The molecule has 2 aliphatic rings. The summed E-state index contributed by atoms with van der Waals surface area (Å²) >= 11 is 10.2. The number of hydrogen-bond acceptors (Lipinski definition) is 1. The van der Waals surface area contributed by atoms with E-state index in [0.717, 1.165) is 10.7 Å². The average Bonchev–Trinajstić information content (AvgIpc) is 2.68. The minimum Gasteiger partial charge on any atom is -1.00 e. The molecule has 0 aromatic carbocycles. The summed E-state index contributed by atoms with van der Waals surface area (Å²) in [4.78, 5) is 2.39. The Morgan fingerprint density at radius 2 is 1.07 bits per heavy atom. The van der Waals surface area contributed by atoms with Crippen molar-refractivity contribution in [2.75, 3.05) is 62.8 Å². The highest BCUT2D eigenvalue weighted by atomic mass is 79.9. The highest BCUT2D eigenvalue weighted by molar-refractivity contribution is 9.09. The van der Waals surface area contributed by atoms with E-state index in [1.165, 1.54) is 120 Å². The number of rotatable bonds is 9. The van der Waals surface area contributed by atoms with Gasteiger partial charge in [-0.05, 0) is 84.3 Å². The number of likely N-dealkylation sites (tertiary alicyclic amines) is 2. The lowest BCUT2D eigenvalue weighted by Crippen LogP contribution is -3.00. The van der Waals surface area contributed by atoms with Crippen LogP contribution in [0.2, 0.25) is 0 Å². The van der Waals surface area contributed by atoms with E-state index in [1.807, 2.05) is 0 Å². The Balaban J connectivity index is 0. The molecule has 28 heavy (non-hydrogen) atoms. The molecule has 0 spiro atoms. The first kappa shape index (κ1) is 32.0. The van der Waals surface area contributed by atoms with Crippen LogP contribution in [0.5, 0.6) is 0 Å². The number of nitrogens with zero attached hydrogens (tertiary/aromatic N) is 2. The largest absolute Gasteiger partial charge is 1.00 e. The van der Waals surface area contributed by atoms with Crippen molar-refractivity contribution in [2.24, 2.45) is 0 Å². The minimum absolute atomic E-state index is 0. The predicted molar refractivity (Wildman–Crippen MR) is 135 cm³/mol. The van der Waals surface area contributed by atoms with E-state index in [9.17, 15) is 0 Å². The standard InChI is InChI=1S/C11H23BrN.C6H13N.C5H10Br2.BrH/c1-13(9-5-2-4-8-12)10-6-3-7-11-13;1-7-5-3-2-4-6-7;6-4-2-1-3-5-7;/h2-11H2,1H3;2-6H2,1H3;1-5H2;1H/q+1;;;/p-1. The summed E-state index contributed by atoms with van der Waals surface area (Å²) in [5, 5.41) is 3.48. The lowest BCUT2D eigenvalue weighted by atomic mass is 10.1. The fourth-order valence-corrected chi connectivity index (χ4v) is 4.87. The molecule has 0 N–H and O–H groups in total. The van der Waals surface area contributed by atoms with Crippen LogP contribution in [-0.4, -0.2) is 72.2 Å². The first-order valence-electron chi connectivity index (χ1n) is 11.3. The van der Waals surface area contributed by atoms with E-state index in [4.69, 9.17) is 0 Å². The summed E-state index contributed by atoms with van der Waals surface area (Å²) in [5.74, 6) is 0. The van der Waals surface area contributed by atoms with Gasteiger partial charge in [-0.15, -0.1) is 0 Å². The Labute approximate surface area is 212 Å². The molecule has 2 heterocycles. The quantitative estimate of drug-likeness (QED) is 0.204. The van der Waals surface area contributed by atoms with Gasteiger partial charge in [0.15, 0.2) is 0 Å². The van der Waals surface area contributed by atoms with Crippen LogP contribution >= 0.6 is 47.8 Å². The van der Waals surface area contributed by atoms with Gasteiger partial charge in [-0.2, -0.15) is 0 Å². The Morgan fingerprint density at radius 1 is 0.643 bits per heavy atom. The molecule has 0 aromatic heterocycles. The van der Waals surface area contributed by atoms with E-state index < -0.39 is 0 Å². The third-order valence-electron chi connectivity index (χ3n) is 5.57. The molecule has 0 aliphatic carbocycles. The summed E-state index contributed by atoms with van der Waals surface area (Å²) in [6, 6.07) is 0. The Bertz CT molecular complexity index is 290. The van der Waals surface area contributed by atoms with Crippen molar-refractivity contribution < 1.29 is 21.5 Å². The molecular formula is C22H46Br4N2. The third-order valence-corrected chi connectivity index (χ3v) is 7.26. The fraction of sp³-hybridized carbons (Fsp3) is 1.00. The van der Waals surface area contributed by atoms with E-state index in [-0.39, 0.29) is 17.0 Å². The maximum Gasteiger partial charge on any atom is 0.0784 e. The smallest absolute Gasteiger partial charge is 0.0784 e. The predicted octanol–water partition coefficient (Wildman–Crippen LogP) is 4.23. The van der Waals surface area contributed by atoms with Gasteiger partial charge in [0.1, 0.15) is 0 Å². The number of quaternary nitrogens is 1. The lowest BCUT2D eigenvalue weighted by molar-refractivity contribution is -0.914. The van der Waals surface area contributed by atoms with Crippen LogP contribution in [0.15, 0.2) is 0 Å². The second kappa shape index (κ2) is 23.5. The molecule has 2 fully saturated rings. The minimum atomic E-state index is 0. The van der Waals surface area contributed by atoms with Crippen molar-refractivity contribution in [1.82, 2.24) is 4.90 Å². The van der Waals surface area contributed by atoms with Crippen LogP contribution in [0, 0.1) is 0 Å². The zero-order chi connectivity index (χ0) is 20.2. The fourth-order valence-electron chi connectivity index (χ4n) is 3.68. The average molecular weight is 658 g/mol. The third kappa shape index (κ3) is 21.1. The normalized spacial score (nSPS) is 18.8. The van der Waals surface area contributed by atoms with Crippen LogP contribution in [0.25, 0.3) is 0 Å². The molecule has 2 rings (SSSR count). The van der Waals surface area contributed by atoms with Crippen LogP contribution < -0.4 is 17.0 Å². The van der Waals surface area contributed by atoms with Crippen molar-refractivity contribution in [2.45, 2.75) is 77.0 Å². The van der Waals surface area contributed by atoms with E-state index in [0.29, 0.717) is 0 Å². The van der Waals surface area contributed by atoms with Gasteiger partial charge >= 0.3 is 0 Å². The monoisotopic (exact) mass is 654 g/mol. The molecule has 2 saturated heterocycles. The first-order chi connectivity index (χ1) is 13.1. The zero-order valence-corrected chi connectivity index (χ0v) is 24.9. The van der Waals surface area contributed by atoms with Crippen molar-refractivity contribution in [3.63, 3.8) is 0 Å². The maximum atomic E-state index is 3.48. The summed E-state index contributed by atoms with van der Waals surface area (Å²) in [6.07, 6.45) is 16.8. The van der Waals surface area contributed by atoms with Gasteiger partial charge in [-0.25, -0.2) is 0 Å². The van der Waals surface area contributed by atoms with Gasteiger partial charge in [-0.1, -0.05) is 60.6 Å². The van der Waals surface area contributed by atoms with Gasteiger partial charge in [0, 0.05) is 16.0 Å². The van der Waals surface area contributed by atoms with Crippen molar-refractivity contribution in [3.05, 3.63) is 0 Å². The van der Waals surface area contributed by atoms with Crippen molar-refractivity contribution in [1.29, 1.82) is 0 Å². The molecule has 0 amide bonds. The molecule has 0 radical (unpaired) electrons. The van der Waals surface area contributed by atoms with Gasteiger partial charge < -0.3 is 26.4 Å². The first-order valence-corrected chi connectivity index (χ1v) is 14.6. The molecule has 172 valence electrons. The number of piperidine rings is 2. The molecule has 6 heteroatoms. The zero-order valence-electron chi connectivity index (χ0n) is 18.5. The topological polar surface area (TPSA) is 3.24 Å².